The van der Waals surface area contributed by atoms with Gasteiger partial charge in [-0.05, 0) is 81.4 Å². The molecule has 10 aromatic carbocycles. The van der Waals surface area contributed by atoms with Gasteiger partial charge in [0.1, 0.15) is 0 Å². The summed E-state index contributed by atoms with van der Waals surface area (Å²) in [5.41, 5.74) is 10.6. The molecule has 3 nitrogen and oxygen atoms in total. The Bertz CT molecular complexity index is 3730. The number of para-hydroxylation sites is 4. The molecule has 0 saturated carbocycles. The molecule has 3 aromatic heterocycles. The lowest BCUT2D eigenvalue weighted by Gasteiger charge is -2.34. The van der Waals surface area contributed by atoms with Crippen LogP contribution in [0.15, 0.2) is 249 Å². The third-order valence-corrected chi connectivity index (χ3v) is 18.3. The van der Waals surface area contributed by atoms with Crippen molar-refractivity contribution in [3.8, 4) is 17.1 Å². The van der Waals surface area contributed by atoms with Crippen molar-refractivity contribution in [3.05, 3.63) is 249 Å². The van der Waals surface area contributed by atoms with E-state index >= 15 is 0 Å². The van der Waals surface area contributed by atoms with E-state index in [0.29, 0.717) is 0 Å². The molecular weight excluding hydrogens is 791 g/mol. The zero-order valence-corrected chi connectivity index (χ0v) is 36.0. The smallest absolute Gasteiger partial charge is 0.179 e. The Morgan fingerprint density at radius 1 is 0.234 bits per heavy atom. The van der Waals surface area contributed by atoms with Crippen LogP contribution in [0.2, 0.25) is 0 Å². The van der Waals surface area contributed by atoms with Crippen LogP contribution in [-0.4, -0.2) is 21.8 Å². The first-order chi connectivity index (χ1) is 31.8. The molecule has 0 amide bonds. The average molecular weight is 832 g/mol. The van der Waals surface area contributed by atoms with Crippen molar-refractivity contribution in [2.45, 2.75) is 0 Å². The number of aromatic nitrogens is 3. The van der Waals surface area contributed by atoms with E-state index in [0.717, 1.165) is 16.9 Å². The zero-order chi connectivity index (χ0) is 42.2. The van der Waals surface area contributed by atoms with E-state index in [1.807, 2.05) is 0 Å². The second-order valence-corrected chi connectivity index (χ2v) is 20.7. The van der Waals surface area contributed by atoms with Crippen LogP contribution in [0.1, 0.15) is 0 Å². The maximum Gasteiger partial charge on any atom is 0.179 e. The summed E-state index contributed by atoms with van der Waals surface area (Å²) in [5.74, 6) is 0. The minimum atomic E-state index is -2.75. The fourth-order valence-electron chi connectivity index (χ4n) is 10.9. The van der Waals surface area contributed by atoms with Crippen molar-refractivity contribution in [1.82, 2.24) is 13.7 Å². The Kier molecular flexibility index (Phi) is 8.23. The maximum absolute atomic E-state index is 2.75. The second kappa shape index (κ2) is 14.5. The molecule has 13 rings (SSSR count). The van der Waals surface area contributed by atoms with Gasteiger partial charge in [0.25, 0.3) is 0 Å². The highest BCUT2D eigenvalue weighted by Crippen LogP contribution is 2.41. The van der Waals surface area contributed by atoms with Gasteiger partial charge in [0.05, 0.1) is 38.8 Å². The third-order valence-electron chi connectivity index (χ3n) is 13.6. The highest BCUT2D eigenvalue weighted by atomic mass is 28.3. The Morgan fingerprint density at radius 3 is 1.27 bits per heavy atom. The van der Waals surface area contributed by atoms with E-state index < -0.39 is 8.07 Å². The number of rotatable bonds is 7. The zero-order valence-electron chi connectivity index (χ0n) is 35.0. The maximum atomic E-state index is 2.52. The molecule has 13 aromatic rings. The molecule has 0 aliphatic rings. The van der Waals surface area contributed by atoms with Crippen LogP contribution in [0.4, 0.5) is 0 Å². The molecule has 300 valence electrons. The molecule has 0 saturated heterocycles. The topological polar surface area (TPSA) is 14.8 Å². The molecule has 4 heteroatoms. The first kappa shape index (κ1) is 36.5. The van der Waals surface area contributed by atoms with E-state index in [9.17, 15) is 0 Å². The van der Waals surface area contributed by atoms with Crippen LogP contribution in [0, 0.1) is 0 Å². The van der Waals surface area contributed by atoms with Crippen molar-refractivity contribution in [2.75, 3.05) is 0 Å². The molecule has 0 bridgehead atoms. The van der Waals surface area contributed by atoms with Crippen molar-refractivity contribution >= 4 is 94.2 Å². The lowest BCUT2D eigenvalue weighted by Crippen LogP contribution is -2.74. The molecule has 0 radical (unpaired) electrons. The normalized spacial score (nSPS) is 12.1. The summed E-state index contributed by atoms with van der Waals surface area (Å²) < 4.78 is 7.40. The van der Waals surface area contributed by atoms with Gasteiger partial charge in [-0.15, -0.1) is 0 Å². The molecular formula is C60H41N3Si. The van der Waals surface area contributed by atoms with E-state index in [-0.39, 0.29) is 0 Å². The first-order valence-corrected chi connectivity index (χ1v) is 24.1. The number of fused-ring (bicyclic) bond motifs is 9. The molecule has 0 atom stereocenters. The number of nitrogens with zero attached hydrogens (tertiary/aromatic N) is 3. The van der Waals surface area contributed by atoms with Crippen molar-refractivity contribution < 1.29 is 0 Å². The van der Waals surface area contributed by atoms with Gasteiger partial charge in [-0.25, -0.2) is 0 Å². The van der Waals surface area contributed by atoms with E-state index in [4.69, 9.17) is 0 Å². The van der Waals surface area contributed by atoms with Gasteiger partial charge in [-0.3, -0.25) is 0 Å². The molecule has 0 fully saturated rings. The lowest BCUT2D eigenvalue weighted by molar-refractivity contribution is 1.15. The van der Waals surface area contributed by atoms with Crippen LogP contribution in [0.5, 0.6) is 0 Å². The molecule has 0 spiro atoms. The van der Waals surface area contributed by atoms with Gasteiger partial charge in [-0.2, -0.15) is 0 Å². The minimum Gasteiger partial charge on any atom is -0.309 e. The lowest BCUT2D eigenvalue weighted by atomic mass is 10.1. The predicted molar refractivity (Wildman–Crippen MR) is 273 cm³/mol. The van der Waals surface area contributed by atoms with Gasteiger partial charge in [0.15, 0.2) is 8.07 Å². The van der Waals surface area contributed by atoms with Crippen molar-refractivity contribution in [1.29, 1.82) is 0 Å². The fraction of sp³-hybridized carbons (Fsp3) is 0. The van der Waals surface area contributed by atoms with Crippen LogP contribution >= 0.6 is 0 Å². The number of hydrogen-bond acceptors (Lipinski definition) is 0. The number of hydrogen-bond donors (Lipinski definition) is 0. The fourth-order valence-corrected chi connectivity index (χ4v) is 15.7. The minimum absolute atomic E-state index is 1.13. The number of benzene rings is 10. The summed E-state index contributed by atoms with van der Waals surface area (Å²) in [5, 5.41) is 12.9. The van der Waals surface area contributed by atoms with E-state index in [1.165, 1.54) is 86.3 Å². The molecule has 64 heavy (non-hydrogen) atoms. The molecule has 0 N–H and O–H groups in total. The van der Waals surface area contributed by atoms with Gasteiger partial charge >= 0.3 is 0 Å². The van der Waals surface area contributed by atoms with Crippen LogP contribution in [-0.2, 0) is 0 Å². The van der Waals surface area contributed by atoms with Crippen molar-refractivity contribution in [3.63, 3.8) is 0 Å². The summed E-state index contributed by atoms with van der Waals surface area (Å²) in [6.45, 7) is 0. The quantitative estimate of drug-likeness (QED) is 0.112. The second-order valence-electron chi connectivity index (χ2n) is 16.8. The predicted octanol–water partition coefficient (Wildman–Crippen LogP) is 12.4. The Hall–Kier alpha value is -8.18. The average Bonchev–Trinajstić information content (AvgIpc) is 4.01. The van der Waals surface area contributed by atoms with Crippen LogP contribution in [0.3, 0.4) is 0 Å². The van der Waals surface area contributed by atoms with E-state index in [2.05, 4.69) is 262 Å². The summed E-state index contributed by atoms with van der Waals surface area (Å²) in [6, 6.07) is 92.2. The Labute approximate surface area is 372 Å². The molecule has 3 heterocycles. The standard InChI is InChI=1S/C60H41N3Si/c1-5-20-42(21-6-1)61-57-34-19-35-58(63-54-32-17-13-28-48(54)49-29-14-18-33-55(49)63)60(57)51-38-36-43(40-59(51)61)62-53-31-16-15-30-50(53)52-41-47(37-39-56(52)62)64(44-22-7-2-8-23-44,45-24-9-3-10-25-45)46-26-11-4-12-27-46/h1-41H. The third kappa shape index (κ3) is 5.27. The summed E-state index contributed by atoms with van der Waals surface area (Å²) in [6.07, 6.45) is 0. The van der Waals surface area contributed by atoms with Crippen molar-refractivity contribution in [2.24, 2.45) is 0 Å². The Balaban J connectivity index is 1.09. The van der Waals surface area contributed by atoms with Gasteiger partial charge in [0.2, 0.25) is 0 Å². The summed E-state index contributed by atoms with van der Waals surface area (Å²) in [7, 11) is -2.75. The van der Waals surface area contributed by atoms with Crippen LogP contribution < -0.4 is 20.7 Å². The van der Waals surface area contributed by atoms with E-state index in [1.54, 1.807) is 0 Å². The highest BCUT2D eigenvalue weighted by Gasteiger charge is 2.41. The largest absolute Gasteiger partial charge is 0.309 e. The molecule has 0 aliphatic carbocycles. The summed E-state index contributed by atoms with van der Waals surface area (Å²) in [4.78, 5) is 0. The van der Waals surface area contributed by atoms with Crippen LogP contribution in [0.25, 0.3) is 82.5 Å². The van der Waals surface area contributed by atoms with Gasteiger partial charge in [0, 0.05) is 43.7 Å². The molecule has 0 unspecified atom stereocenters. The van der Waals surface area contributed by atoms with Gasteiger partial charge < -0.3 is 13.7 Å². The summed E-state index contributed by atoms with van der Waals surface area (Å²) >= 11 is 0. The highest BCUT2D eigenvalue weighted by molar-refractivity contribution is 7.20. The monoisotopic (exact) mass is 831 g/mol. The van der Waals surface area contributed by atoms with Gasteiger partial charge in [-0.1, -0.05) is 188 Å². The first-order valence-electron chi connectivity index (χ1n) is 22.1. The SMILES string of the molecule is c1ccc(-n2c3cc(-n4c5ccccc5c5cc([Si](c6ccccc6)(c6ccccc6)c6ccccc6)ccc54)ccc3c3c(-n4c5ccccc5c5ccccc54)cccc32)cc1. The molecule has 0 aliphatic heterocycles. The Morgan fingerprint density at radius 2 is 0.688 bits per heavy atom.